The number of aromatic nitrogens is 2. The van der Waals surface area contributed by atoms with Crippen molar-refractivity contribution in [3.05, 3.63) is 21.8 Å². The molecule has 4 heteroatoms. The van der Waals surface area contributed by atoms with Crippen molar-refractivity contribution in [2.45, 2.75) is 32.2 Å². The molecule has 1 aromatic heterocycles. The van der Waals surface area contributed by atoms with Gasteiger partial charge in [0.25, 0.3) is 0 Å². The summed E-state index contributed by atoms with van der Waals surface area (Å²) < 4.78 is 3.44. The monoisotopic (exact) mass is 341 g/mol. The molecule has 3 nitrogen and oxygen atoms in total. The Balaban J connectivity index is 2.02. The van der Waals surface area contributed by atoms with Crippen LogP contribution in [0.2, 0.25) is 0 Å². The molecule has 0 radical (unpaired) electrons. The minimum absolute atomic E-state index is 0.583. The largest absolute Gasteiger partial charge is 0.369 e. The zero-order chi connectivity index (χ0) is 12.0. The zero-order valence-corrected chi connectivity index (χ0v) is 12.0. The van der Waals surface area contributed by atoms with E-state index in [1.165, 1.54) is 28.3 Å². The molecule has 2 atom stereocenters. The van der Waals surface area contributed by atoms with Crippen LogP contribution in [-0.4, -0.2) is 9.55 Å². The van der Waals surface area contributed by atoms with E-state index in [1.807, 2.05) is 0 Å². The van der Waals surface area contributed by atoms with E-state index in [1.54, 1.807) is 0 Å². The SMILES string of the molecule is CCCC1CC1n1c(N)nc2cc(I)ccc21. The first-order valence-corrected chi connectivity index (χ1v) is 7.21. The van der Waals surface area contributed by atoms with Crippen molar-refractivity contribution < 1.29 is 0 Å². The van der Waals surface area contributed by atoms with Gasteiger partial charge in [0, 0.05) is 9.61 Å². The molecule has 2 unspecified atom stereocenters. The highest BCUT2D eigenvalue weighted by Gasteiger charge is 2.39. The molecule has 3 rings (SSSR count). The Bertz CT molecular complexity index is 561. The van der Waals surface area contributed by atoms with Gasteiger partial charge in [0.05, 0.1) is 11.0 Å². The van der Waals surface area contributed by atoms with E-state index in [0.717, 1.165) is 11.4 Å². The lowest BCUT2D eigenvalue weighted by molar-refractivity contribution is 0.622. The van der Waals surface area contributed by atoms with Crippen LogP contribution in [0.25, 0.3) is 11.0 Å². The number of nitrogens with zero attached hydrogens (tertiary/aromatic N) is 2. The van der Waals surface area contributed by atoms with Crippen molar-refractivity contribution in [1.82, 2.24) is 9.55 Å². The van der Waals surface area contributed by atoms with Crippen LogP contribution in [0.4, 0.5) is 5.95 Å². The lowest BCUT2D eigenvalue weighted by Crippen LogP contribution is -2.02. The van der Waals surface area contributed by atoms with Crippen molar-refractivity contribution in [3.8, 4) is 0 Å². The van der Waals surface area contributed by atoms with Crippen molar-refractivity contribution in [1.29, 1.82) is 0 Å². The van der Waals surface area contributed by atoms with Gasteiger partial charge in [-0.05, 0) is 59.5 Å². The number of nitrogen functional groups attached to an aromatic ring is 1. The first-order valence-electron chi connectivity index (χ1n) is 6.13. The summed E-state index contributed by atoms with van der Waals surface area (Å²) >= 11 is 2.31. The average molecular weight is 341 g/mol. The third kappa shape index (κ3) is 1.92. The molecule has 0 aliphatic heterocycles. The lowest BCUT2D eigenvalue weighted by Gasteiger charge is -2.05. The maximum atomic E-state index is 6.05. The molecule has 1 aromatic carbocycles. The van der Waals surface area contributed by atoms with Crippen LogP contribution in [-0.2, 0) is 0 Å². The van der Waals surface area contributed by atoms with Gasteiger partial charge in [-0.25, -0.2) is 4.98 Å². The Morgan fingerprint density at radius 2 is 2.35 bits per heavy atom. The normalized spacial score (nSPS) is 23.2. The van der Waals surface area contributed by atoms with Crippen LogP contribution in [0, 0.1) is 9.49 Å². The predicted molar refractivity (Wildman–Crippen MR) is 78.9 cm³/mol. The molecular formula is C13H16IN3. The third-order valence-electron chi connectivity index (χ3n) is 3.56. The third-order valence-corrected chi connectivity index (χ3v) is 4.23. The van der Waals surface area contributed by atoms with Gasteiger partial charge in [0.1, 0.15) is 0 Å². The second-order valence-corrected chi connectivity index (χ2v) is 6.07. The number of fused-ring (bicyclic) bond motifs is 1. The fourth-order valence-corrected chi connectivity index (χ4v) is 3.14. The first kappa shape index (κ1) is 11.3. The van der Waals surface area contributed by atoms with Crippen LogP contribution in [0.5, 0.6) is 0 Å². The molecule has 0 bridgehead atoms. The molecule has 1 aliphatic rings. The lowest BCUT2D eigenvalue weighted by atomic mass is 10.2. The minimum Gasteiger partial charge on any atom is -0.369 e. The van der Waals surface area contributed by atoms with Crippen LogP contribution in [0.3, 0.4) is 0 Å². The summed E-state index contributed by atoms with van der Waals surface area (Å²) in [5.41, 5.74) is 8.26. The maximum Gasteiger partial charge on any atom is 0.201 e. The van der Waals surface area contributed by atoms with E-state index < -0.39 is 0 Å². The molecular weight excluding hydrogens is 325 g/mol. The number of halogens is 1. The van der Waals surface area contributed by atoms with Crippen molar-refractivity contribution >= 4 is 39.6 Å². The fourth-order valence-electron chi connectivity index (χ4n) is 2.67. The Kier molecular flexibility index (Phi) is 2.77. The molecule has 0 amide bonds. The van der Waals surface area contributed by atoms with Gasteiger partial charge in [-0.3, -0.25) is 0 Å². The quantitative estimate of drug-likeness (QED) is 0.868. The van der Waals surface area contributed by atoms with Gasteiger partial charge < -0.3 is 10.3 Å². The maximum absolute atomic E-state index is 6.05. The predicted octanol–water partition coefficient (Wildman–Crippen LogP) is 3.58. The number of imidazole rings is 1. The highest BCUT2D eigenvalue weighted by atomic mass is 127. The number of nitrogens with two attached hydrogens (primary N) is 1. The van der Waals surface area contributed by atoms with Crippen LogP contribution < -0.4 is 5.73 Å². The number of anilines is 1. The first-order chi connectivity index (χ1) is 8.20. The standard InChI is InChI=1S/C13H16IN3/c1-2-3-8-6-12(8)17-11-5-4-9(14)7-10(11)16-13(17)15/h4-5,7-8,12H,2-3,6H2,1H3,(H2,15,16). The Labute approximate surface area is 115 Å². The second-order valence-electron chi connectivity index (χ2n) is 4.82. The van der Waals surface area contributed by atoms with Gasteiger partial charge in [-0.2, -0.15) is 0 Å². The minimum atomic E-state index is 0.583. The highest BCUT2D eigenvalue weighted by molar-refractivity contribution is 14.1. The fraction of sp³-hybridized carbons (Fsp3) is 0.462. The Morgan fingerprint density at radius 1 is 1.53 bits per heavy atom. The number of hydrogen-bond acceptors (Lipinski definition) is 2. The van der Waals surface area contributed by atoms with Crippen molar-refractivity contribution in [2.75, 3.05) is 5.73 Å². The van der Waals surface area contributed by atoms with Gasteiger partial charge in [-0.15, -0.1) is 0 Å². The van der Waals surface area contributed by atoms with Crippen LogP contribution >= 0.6 is 22.6 Å². The number of benzene rings is 1. The smallest absolute Gasteiger partial charge is 0.201 e. The molecule has 17 heavy (non-hydrogen) atoms. The number of hydrogen-bond donors (Lipinski definition) is 1. The van der Waals surface area contributed by atoms with E-state index in [-0.39, 0.29) is 0 Å². The molecule has 2 N–H and O–H groups in total. The van der Waals surface area contributed by atoms with Gasteiger partial charge in [0.15, 0.2) is 0 Å². The van der Waals surface area contributed by atoms with Crippen LogP contribution in [0.1, 0.15) is 32.2 Å². The number of rotatable bonds is 3. The van der Waals surface area contributed by atoms with E-state index in [0.29, 0.717) is 12.0 Å². The summed E-state index contributed by atoms with van der Waals surface area (Å²) in [5, 5.41) is 0. The summed E-state index contributed by atoms with van der Waals surface area (Å²) in [6, 6.07) is 6.94. The highest BCUT2D eigenvalue weighted by Crippen LogP contribution is 2.48. The Morgan fingerprint density at radius 3 is 3.12 bits per heavy atom. The van der Waals surface area contributed by atoms with E-state index in [4.69, 9.17) is 5.73 Å². The zero-order valence-electron chi connectivity index (χ0n) is 9.86. The van der Waals surface area contributed by atoms with Crippen molar-refractivity contribution in [3.63, 3.8) is 0 Å². The molecule has 1 heterocycles. The van der Waals surface area contributed by atoms with Crippen LogP contribution in [0.15, 0.2) is 18.2 Å². The molecule has 90 valence electrons. The van der Waals surface area contributed by atoms with Gasteiger partial charge in [0.2, 0.25) is 5.95 Å². The summed E-state index contributed by atoms with van der Waals surface area (Å²) in [6.45, 7) is 2.24. The molecule has 1 saturated carbocycles. The summed E-state index contributed by atoms with van der Waals surface area (Å²) in [6.07, 6.45) is 3.81. The molecule has 0 saturated heterocycles. The average Bonchev–Trinajstić information content (AvgIpc) is 2.94. The topological polar surface area (TPSA) is 43.8 Å². The molecule has 1 fully saturated rings. The second kappa shape index (κ2) is 4.15. The van der Waals surface area contributed by atoms with Gasteiger partial charge in [-0.1, -0.05) is 13.3 Å². The van der Waals surface area contributed by atoms with E-state index in [2.05, 4.69) is 57.3 Å². The van der Waals surface area contributed by atoms with E-state index in [9.17, 15) is 0 Å². The molecule has 2 aromatic rings. The molecule has 1 aliphatic carbocycles. The molecule has 0 spiro atoms. The Hall–Kier alpha value is -0.780. The van der Waals surface area contributed by atoms with Crippen molar-refractivity contribution in [2.24, 2.45) is 5.92 Å². The van der Waals surface area contributed by atoms with Gasteiger partial charge >= 0.3 is 0 Å². The summed E-state index contributed by atoms with van der Waals surface area (Å²) in [5.74, 6) is 1.48. The summed E-state index contributed by atoms with van der Waals surface area (Å²) in [4.78, 5) is 4.47. The summed E-state index contributed by atoms with van der Waals surface area (Å²) in [7, 11) is 0. The van der Waals surface area contributed by atoms with E-state index >= 15 is 0 Å².